The Morgan fingerprint density at radius 1 is 0.867 bits per heavy atom. The first-order chi connectivity index (χ1) is 14.6. The standard InChI is InChI=1S/C25H23ClN2O2/c26-20-12-10-19(11-13-20)15-17-28-23(21-8-4-5-9-22(21)25(28)30)24(29)27-16-14-18-6-2-1-3-7-18/h1-13,23H,14-17H2,(H,27,29). The van der Waals surface area contributed by atoms with Crippen LogP contribution >= 0.6 is 11.6 Å². The van der Waals surface area contributed by atoms with Crippen LogP contribution in [0.15, 0.2) is 78.9 Å². The van der Waals surface area contributed by atoms with Gasteiger partial charge in [0.25, 0.3) is 5.91 Å². The first kappa shape index (κ1) is 20.2. The van der Waals surface area contributed by atoms with E-state index in [4.69, 9.17) is 11.6 Å². The maximum atomic E-state index is 13.1. The lowest BCUT2D eigenvalue weighted by Gasteiger charge is -2.25. The quantitative estimate of drug-likeness (QED) is 0.616. The van der Waals surface area contributed by atoms with E-state index in [1.807, 2.05) is 72.8 Å². The van der Waals surface area contributed by atoms with Crippen LogP contribution in [0.5, 0.6) is 0 Å². The van der Waals surface area contributed by atoms with Crippen LogP contribution in [0, 0.1) is 0 Å². The van der Waals surface area contributed by atoms with Crippen molar-refractivity contribution in [1.29, 1.82) is 0 Å². The summed E-state index contributed by atoms with van der Waals surface area (Å²) < 4.78 is 0. The summed E-state index contributed by atoms with van der Waals surface area (Å²) in [5, 5.41) is 3.70. The normalized spacial score (nSPS) is 15.2. The second kappa shape index (κ2) is 9.14. The number of fused-ring (bicyclic) bond motifs is 1. The third kappa shape index (κ3) is 4.39. The lowest BCUT2D eigenvalue weighted by molar-refractivity contribution is -0.125. The van der Waals surface area contributed by atoms with Crippen LogP contribution in [0.4, 0.5) is 0 Å². The van der Waals surface area contributed by atoms with Crippen molar-refractivity contribution in [1.82, 2.24) is 10.2 Å². The molecule has 0 spiro atoms. The molecular formula is C25H23ClN2O2. The Morgan fingerprint density at radius 3 is 2.30 bits per heavy atom. The van der Waals surface area contributed by atoms with Gasteiger partial charge in [-0.3, -0.25) is 9.59 Å². The molecule has 1 N–H and O–H groups in total. The van der Waals surface area contributed by atoms with E-state index in [9.17, 15) is 9.59 Å². The van der Waals surface area contributed by atoms with E-state index in [0.29, 0.717) is 30.1 Å². The van der Waals surface area contributed by atoms with Crippen LogP contribution in [-0.2, 0) is 17.6 Å². The molecule has 4 nitrogen and oxygen atoms in total. The molecule has 1 unspecified atom stereocenters. The molecule has 3 aromatic rings. The van der Waals surface area contributed by atoms with Gasteiger partial charge in [-0.1, -0.05) is 72.3 Å². The summed E-state index contributed by atoms with van der Waals surface area (Å²) in [6.07, 6.45) is 1.41. The molecule has 1 heterocycles. The van der Waals surface area contributed by atoms with Crippen LogP contribution in [0.1, 0.15) is 33.1 Å². The molecule has 0 saturated carbocycles. The Morgan fingerprint density at radius 2 is 1.53 bits per heavy atom. The topological polar surface area (TPSA) is 49.4 Å². The third-order valence-corrected chi connectivity index (χ3v) is 5.67. The van der Waals surface area contributed by atoms with E-state index >= 15 is 0 Å². The molecule has 30 heavy (non-hydrogen) atoms. The Balaban J connectivity index is 1.47. The number of hydrogen-bond donors (Lipinski definition) is 1. The SMILES string of the molecule is O=C(NCCc1ccccc1)C1c2ccccc2C(=O)N1CCc1ccc(Cl)cc1. The number of nitrogens with zero attached hydrogens (tertiary/aromatic N) is 1. The summed E-state index contributed by atoms with van der Waals surface area (Å²) in [5.74, 6) is -0.233. The molecule has 3 aromatic carbocycles. The molecule has 0 aromatic heterocycles. The van der Waals surface area contributed by atoms with Crippen molar-refractivity contribution in [2.75, 3.05) is 13.1 Å². The maximum Gasteiger partial charge on any atom is 0.255 e. The van der Waals surface area contributed by atoms with Gasteiger partial charge in [-0.15, -0.1) is 0 Å². The Labute approximate surface area is 181 Å². The number of rotatable bonds is 7. The average Bonchev–Trinajstić information content (AvgIpc) is 3.06. The van der Waals surface area contributed by atoms with Crippen LogP contribution in [0.2, 0.25) is 5.02 Å². The fourth-order valence-electron chi connectivity index (χ4n) is 3.86. The Bertz CT molecular complexity index is 1030. The molecule has 1 atom stereocenters. The largest absolute Gasteiger partial charge is 0.354 e. The first-order valence-corrected chi connectivity index (χ1v) is 10.5. The van der Waals surface area contributed by atoms with Crippen LogP contribution in [0.25, 0.3) is 0 Å². The number of benzene rings is 3. The highest BCUT2D eigenvalue weighted by Gasteiger charge is 2.40. The molecular weight excluding hydrogens is 396 g/mol. The predicted molar refractivity (Wildman–Crippen MR) is 119 cm³/mol. The monoisotopic (exact) mass is 418 g/mol. The molecule has 0 bridgehead atoms. The minimum absolute atomic E-state index is 0.0947. The summed E-state index contributed by atoms with van der Waals surface area (Å²) in [7, 11) is 0. The molecule has 0 aliphatic carbocycles. The molecule has 0 radical (unpaired) electrons. The molecule has 1 aliphatic heterocycles. The van der Waals surface area contributed by atoms with Gasteiger partial charge in [-0.05, 0) is 47.7 Å². The van der Waals surface area contributed by atoms with Gasteiger partial charge in [0.2, 0.25) is 5.91 Å². The number of nitrogens with one attached hydrogen (secondary N) is 1. The van der Waals surface area contributed by atoms with Crippen LogP contribution in [-0.4, -0.2) is 29.8 Å². The van der Waals surface area contributed by atoms with Crippen molar-refractivity contribution >= 4 is 23.4 Å². The Kier molecular flexibility index (Phi) is 6.15. The summed E-state index contributed by atoms with van der Waals surface area (Å²) in [4.78, 5) is 27.8. The second-order valence-electron chi connectivity index (χ2n) is 7.39. The molecule has 2 amide bonds. The number of hydrogen-bond acceptors (Lipinski definition) is 2. The van der Waals surface area contributed by atoms with Gasteiger partial charge in [0.1, 0.15) is 6.04 Å². The number of halogens is 1. The molecule has 0 saturated heterocycles. The fraction of sp³-hybridized carbons (Fsp3) is 0.200. The number of amides is 2. The minimum atomic E-state index is -0.600. The van der Waals surface area contributed by atoms with Crippen molar-refractivity contribution in [3.05, 3.63) is 106 Å². The van der Waals surface area contributed by atoms with Gasteiger partial charge in [-0.2, -0.15) is 0 Å². The zero-order valence-electron chi connectivity index (χ0n) is 16.6. The van der Waals surface area contributed by atoms with Crippen molar-refractivity contribution in [3.8, 4) is 0 Å². The molecule has 152 valence electrons. The summed E-state index contributed by atoms with van der Waals surface area (Å²) >= 11 is 5.96. The number of carbonyl (C=O) groups is 2. The highest BCUT2D eigenvalue weighted by Crippen LogP contribution is 2.33. The third-order valence-electron chi connectivity index (χ3n) is 5.42. The zero-order chi connectivity index (χ0) is 20.9. The van der Waals surface area contributed by atoms with E-state index in [-0.39, 0.29) is 11.8 Å². The minimum Gasteiger partial charge on any atom is -0.354 e. The lowest BCUT2D eigenvalue weighted by atomic mass is 10.0. The fourth-order valence-corrected chi connectivity index (χ4v) is 3.98. The van der Waals surface area contributed by atoms with E-state index in [1.54, 1.807) is 11.0 Å². The van der Waals surface area contributed by atoms with E-state index in [0.717, 1.165) is 17.5 Å². The summed E-state index contributed by atoms with van der Waals surface area (Å²) in [6, 6.07) is 24.4. The molecule has 5 heteroatoms. The van der Waals surface area contributed by atoms with Crippen molar-refractivity contribution in [2.24, 2.45) is 0 Å². The van der Waals surface area contributed by atoms with Crippen molar-refractivity contribution < 1.29 is 9.59 Å². The molecule has 1 aliphatic rings. The summed E-state index contributed by atoms with van der Waals surface area (Å²) in [6.45, 7) is 0.993. The summed E-state index contributed by atoms with van der Waals surface area (Å²) in [5.41, 5.74) is 3.62. The Hall–Kier alpha value is -3.11. The van der Waals surface area contributed by atoms with Gasteiger partial charge in [0.15, 0.2) is 0 Å². The van der Waals surface area contributed by atoms with Gasteiger partial charge < -0.3 is 10.2 Å². The van der Waals surface area contributed by atoms with Crippen molar-refractivity contribution in [2.45, 2.75) is 18.9 Å². The van der Waals surface area contributed by atoms with Crippen molar-refractivity contribution in [3.63, 3.8) is 0 Å². The van der Waals surface area contributed by atoms with Gasteiger partial charge >= 0.3 is 0 Å². The van der Waals surface area contributed by atoms with Gasteiger partial charge in [0.05, 0.1) is 0 Å². The van der Waals surface area contributed by atoms with E-state index in [1.165, 1.54) is 5.56 Å². The smallest absolute Gasteiger partial charge is 0.255 e. The zero-order valence-corrected chi connectivity index (χ0v) is 17.3. The lowest BCUT2D eigenvalue weighted by Crippen LogP contribution is -2.40. The van der Waals surface area contributed by atoms with E-state index < -0.39 is 6.04 Å². The molecule has 4 rings (SSSR count). The van der Waals surface area contributed by atoms with Gasteiger partial charge in [0, 0.05) is 23.7 Å². The molecule has 0 fully saturated rings. The highest BCUT2D eigenvalue weighted by atomic mass is 35.5. The maximum absolute atomic E-state index is 13.1. The van der Waals surface area contributed by atoms with Crippen LogP contribution in [0.3, 0.4) is 0 Å². The predicted octanol–water partition coefficient (Wildman–Crippen LogP) is 4.44. The first-order valence-electron chi connectivity index (χ1n) is 10.1. The number of carbonyl (C=O) groups excluding carboxylic acids is 2. The van der Waals surface area contributed by atoms with E-state index in [2.05, 4.69) is 5.32 Å². The second-order valence-corrected chi connectivity index (χ2v) is 7.83. The average molecular weight is 419 g/mol. The highest BCUT2D eigenvalue weighted by molar-refractivity contribution is 6.30. The van der Waals surface area contributed by atoms with Gasteiger partial charge in [-0.25, -0.2) is 0 Å². The van der Waals surface area contributed by atoms with Crippen LogP contribution < -0.4 is 5.32 Å².